The molecule has 11 heteroatoms. The molecule has 4 rings (SSSR count). The van der Waals surface area contributed by atoms with Gasteiger partial charge in [0.05, 0.1) is 11.7 Å². The fourth-order valence-electron chi connectivity index (χ4n) is 6.71. The van der Waals surface area contributed by atoms with E-state index in [-0.39, 0.29) is 17.8 Å². The molecule has 244 valence electrons. The van der Waals surface area contributed by atoms with Crippen LogP contribution in [-0.4, -0.2) is 84.0 Å². The predicted molar refractivity (Wildman–Crippen MR) is 162 cm³/mol. The number of ether oxygens (including phenoxy) is 5. The van der Waals surface area contributed by atoms with Crippen molar-refractivity contribution < 1.29 is 43.2 Å². The minimum absolute atomic E-state index is 0.108. The van der Waals surface area contributed by atoms with E-state index in [1.54, 1.807) is 32.2 Å². The number of amides is 1. The quantitative estimate of drug-likeness (QED) is 0.199. The van der Waals surface area contributed by atoms with Gasteiger partial charge >= 0.3 is 18.0 Å². The van der Waals surface area contributed by atoms with Crippen molar-refractivity contribution in [1.29, 1.82) is 0 Å². The lowest BCUT2D eigenvalue weighted by atomic mass is 9.69. The third-order valence-electron chi connectivity index (χ3n) is 9.40. The number of hydrogen-bond acceptors (Lipinski definition) is 9. The summed E-state index contributed by atoms with van der Waals surface area (Å²) < 4.78 is 30.3. The first-order valence-corrected chi connectivity index (χ1v) is 15.7. The second kappa shape index (κ2) is 14.3. The molecule has 2 aliphatic heterocycles. The van der Waals surface area contributed by atoms with E-state index in [2.05, 4.69) is 22.5 Å². The maximum atomic E-state index is 13.4. The van der Waals surface area contributed by atoms with E-state index < -0.39 is 66.2 Å². The van der Waals surface area contributed by atoms with Gasteiger partial charge in [-0.05, 0) is 57.7 Å². The average molecular weight is 617 g/mol. The third kappa shape index (κ3) is 7.05. The molecule has 1 aromatic heterocycles. The van der Waals surface area contributed by atoms with Gasteiger partial charge in [0, 0.05) is 43.5 Å². The number of esters is 2. The van der Waals surface area contributed by atoms with Crippen molar-refractivity contribution in [2.24, 2.45) is 23.7 Å². The summed E-state index contributed by atoms with van der Waals surface area (Å²) in [5, 5.41) is 13.3. The van der Waals surface area contributed by atoms with E-state index in [1.165, 1.54) is 7.11 Å². The minimum atomic E-state index is -0.889. The Kier molecular flexibility index (Phi) is 11.0. The summed E-state index contributed by atoms with van der Waals surface area (Å²) in [5.74, 6) is -2.18. The Balaban J connectivity index is 1.68. The number of alkyl carbamates (subject to hydrolysis) is 1. The van der Waals surface area contributed by atoms with Crippen LogP contribution in [0.15, 0.2) is 42.1 Å². The van der Waals surface area contributed by atoms with Crippen molar-refractivity contribution in [3.05, 3.63) is 47.8 Å². The lowest BCUT2D eigenvalue weighted by Crippen LogP contribution is -2.48. The number of aromatic amines is 1. The van der Waals surface area contributed by atoms with E-state index in [0.717, 1.165) is 12.0 Å². The number of rotatable bonds is 10. The second-order valence-corrected chi connectivity index (χ2v) is 12.5. The Morgan fingerprint density at radius 1 is 1.20 bits per heavy atom. The number of H-pyrrole nitrogens is 1. The van der Waals surface area contributed by atoms with Crippen molar-refractivity contribution in [3.8, 4) is 0 Å². The van der Waals surface area contributed by atoms with E-state index in [0.29, 0.717) is 25.1 Å². The number of cyclic esters (lactones) is 1. The van der Waals surface area contributed by atoms with Crippen LogP contribution in [-0.2, 0) is 28.5 Å². The first kappa shape index (κ1) is 33.7. The Morgan fingerprint density at radius 2 is 1.95 bits per heavy atom. The molecule has 0 radical (unpaired) electrons. The summed E-state index contributed by atoms with van der Waals surface area (Å²) >= 11 is 0. The zero-order valence-electron chi connectivity index (χ0n) is 26.8. The molecule has 0 unspecified atom stereocenters. The lowest BCUT2D eigenvalue weighted by Gasteiger charge is -2.41. The number of fused-ring (bicyclic) bond motifs is 1. The number of carbonyl (C=O) groups is 3. The fraction of sp³-hybridized carbons (Fsp3) is 0.667. The van der Waals surface area contributed by atoms with E-state index in [1.807, 2.05) is 33.8 Å². The van der Waals surface area contributed by atoms with E-state index in [9.17, 15) is 19.5 Å². The Bertz CT molecular complexity index is 1210. The van der Waals surface area contributed by atoms with Crippen molar-refractivity contribution >= 4 is 18.0 Å². The summed E-state index contributed by atoms with van der Waals surface area (Å²) in [7, 11) is 1.47. The van der Waals surface area contributed by atoms with Crippen LogP contribution in [0, 0.1) is 23.7 Å². The van der Waals surface area contributed by atoms with Gasteiger partial charge in [0.2, 0.25) is 0 Å². The summed E-state index contributed by atoms with van der Waals surface area (Å²) in [4.78, 5) is 41.8. The van der Waals surface area contributed by atoms with Crippen LogP contribution in [0.4, 0.5) is 4.79 Å². The molecule has 11 atom stereocenters. The van der Waals surface area contributed by atoms with Crippen LogP contribution in [0.5, 0.6) is 0 Å². The molecule has 1 saturated heterocycles. The van der Waals surface area contributed by atoms with Gasteiger partial charge in [0.1, 0.15) is 30.1 Å². The molecule has 0 aromatic carbocycles. The van der Waals surface area contributed by atoms with Crippen molar-refractivity contribution in [1.82, 2.24) is 10.3 Å². The molecule has 3 aliphatic rings. The highest BCUT2D eigenvalue weighted by atomic mass is 16.6. The van der Waals surface area contributed by atoms with Crippen molar-refractivity contribution in [2.45, 2.75) is 103 Å². The zero-order chi connectivity index (χ0) is 32.2. The van der Waals surface area contributed by atoms with Crippen LogP contribution in [0.1, 0.15) is 71.3 Å². The van der Waals surface area contributed by atoms with Gasteiger partial charge < -0.3 is 39.1 Å². The molecule has 2 bridgehead atoms. The second-order valence-electron chi connectivity index (χ2n) is 12.5. The molecule has 1 fully saturated rings. The van der Waals surface area contributed by atoms with Crippen LogP contribution in [0.3, 0.4) is 0 Å². The molecule has 44 heavy (non-hydrogen) atoms. The van der Waals surface area contributed by atoms with Crippen molar-refractivity contribution in [2.75, 3.05) is 13.7 Å². The third-order valence-corrected chi connectivity index (χ3v) is 9.40. The van der Waals surface area contributed by atoms with Gasteiger partial charge in [0.15, 0.2) is 6.10 Å². The summed E-state index contributed by atoms with van der Waals surface area (Å²) in [6.07, 6.45) is 4.44. The maximum absolute atomic E-state index is 13.4. The van der Waals surface area contributed by atoms with Crippen LogP contribution in [0.2, 0.25) is 0 Å². The SMILES string of the molecule is CCCNC(=O)O[C@H](C)[C@H]1OC(=O)[C@@H](OC)C[C@H]2C=C[C@@H]3C[C@]2(O[C@H]3[C@H](OC(=O)c2ccc[nH]2)[C@H](C)[C@H](C)O)/C(C)=C/[C@H]1C. The van der Waals surface area contributed by atoms with Gasteiger partial charge in [-0.15, -0.1) is 0 Å². The maximum Gasteiger partial charge on any atom is 0.407 e. The standard InChI is InChI=1S/C33H48N2O9/c1-8-13-35-32(39)41-22(6)27-18(2)15-19(3)33-17-23(11-12-24(33)16-26(40-7)31(38)42-27)29(44-33)28(20(4)21(5)36)43-30(37)25-10-9-14-34-25/h9-12,14-15,18,20-24,26-29,34,36H,8,13,16-17H2,1-7H3,(H,35,39)/b19-15+/t18-,20-,21+,22-,23-,24-,26+,27+,28-,29-,33+/m1/s1. The molecule has 0 saturated carbocycles. The first-order valence-electron chi connectivity index (χ1n) is 15.7. The molecule has 1 aromatic rings. The number of nitrogens with one attached hydrogen (secondary N) is 2. The minimum Gasteiger partial charge on any atom is -0.456 e. The smallest absolute Gasteiger partial charge is 0.407 e. The average Bonchev–Trinajstić information content (AvgIpc) is 3.63. The topological polar surface area (TPSA) is 145 Å². The van der Waals surface area contributed by atoms with Gasteiger partial charge in [-0.25, -0.2) is 14.4 Å². The van der Waals surface area contributed by atoms with Gasteiger partial charge in [-0.3, -0.25) is 0 Å². The number of aliphatic hydroxyl groups is 1. The van der Waals surface area contributed by atoms with Crippen LogP contribution < -0.4 is 5.32 Å². The molecule has 11 nitrogen and oxygen atoms in total. The molecular weight excluding hydrogens is 568 g/mol. The molecule has 3 N–H and O–H groups in total. The molecular formula is C33H48N2O9. The summed E-state index contributed by atoms with van der Waals surface area (Å²) in [6.45, 7) is 11.6. The monoisotopic (exact) mass is 616 g/mol. The first-order chi connectivity index (χ1) is 20.9. The Labute approximate surface area is 259 Å². The summed E-state index contributed by atoms with van der Waals surface area (Å²) in [6, 6.07) is 3.36. The van der Waals surface area contributed by atoms with Crippen molar-refractivity contribution in [3.63, 3.8) is 0 Å². The molecule has 1 spiro atoms. The Hall–Kier alpha value is -3.15. The predicted octanol–water partition coefficient (Wildman–Crippen LogP) is 4.32. The molecule has 3 heterocycles. The number of hydrogen-bond donors (Lipinski definition) is 3. The normalized spacial score (nSPS) is 33.9. The molecule has 1 aliphatic carbocycles. The number of carbonyl (C=O) groups excluding carboxylic acids is 3. The van der Waals surface area contributed by atoms with Gasteiger partial charge in [0.25, 0.3) is 0 Å². The largest absolute Gasteiger partial charge is 0.456 e. The molecule has 1 amide bonds. The summed E-state index contributed by atoms with van der Waals surface area (Å²) in [5.41, 5.74) is 0.428. The van der Waals surface area contributed by atoms with Crippen LogP contribution >= 0.6 is 0 Å². The highest BCUT2D eigenvalue weighted by Crippen LogP contribution is 2.53. The van der Waals surface area contributed by atoms with Gasteiger partial charge in [-0.2, -0.15) is 0 Å². The number of methoxy groups -OCH3 is 1. The van der Waals surface area contributed by atoms with Crippen LogP contribution in [0.25, 0.3) is 0 Å². The zero-order valence-corrected chi connectivity index (χ0v) is 26.8. The lowest BCUT2D eigenvalue weighted by molar-refractivity contribution is -0.172. The van der Waals surface area contributed by atoms with Gasteiger partial charge in [-0.1, -0.05) is 39.0 Å². The number of aromatic nitrogens is 1. The van der Waals surface area contributed by atoms with E-state index >= 15 is 0 Å². The highest BCUT2D eigenvalue weighted by molar-refractivity contribution is 5.87. The highest BCUT2D eigenvalue weighted by Gasteiger charge is 2.57. The number of aliphatic hydroxyl groups excluding tert-OH is 1. The fourth-order valence-corrected chi connectivity index (χ4v) is 6.71. The van der Waals surface area contributed by atoms with E-state index in [4.69, 9.17) is 23.7 Å². The Morgan fingerprint density at radius 3 is 2.59 bits per heavy atom.